The highest BCUT2D eigenvalue weighted by Gasteiger charge is 2.36. The van der Waals surface area contributed by atoms with E-state index in [4.69, 9.17) is 0 Å². The summed E-state index contributed by atoms with van der Waals surface area (Å²) in [5.41, 5.74) is 31.9. The van der Waals surface area contributed by atoms with Crippen LogP contribution in [0.3, 0.4) is 0 Å². The molecule has 0 atom stereocenters. The Balaban J connectivity index is 0.000000189. The molecule has 0 aromatic heterocycles. The largest absolute Gasteiger partial charge is 0.311 e. The molecule has 0 heterocycles. The second kappa shape index (κ2) is 28.6. The van der Waals surface area contributed by atoms with Crippen LogP contribution in [0.25, 0.3) is 11.1 Å². The Hall–Kier alpha value is -10.2. The van der Waals surface area contributed by atoms with E-state index in [9.17, 15) is 0 Å². The van der Waals surface area contributed by atoms with E-state index in [1.54, 1.807) is 0 Å². The van der Waals surface area contributed by atoms with Crippen molar-refractivity contribution in [1.82, 2.24) is 0 Å². The fourth-order valence-corrected chi connectivity index (χ4v) is 13.6. The van der Waals surface area contributed by atoms with E-state index in [-0.39, 0.29) is 12.8 Å². The van der Waals surface area contributed by atoms with Crippen molar-refractivity contribution in [3.63, 3.8) is 0 Å². The molecular weight excluding hydrogens is 1130 g/mol. The summed E-state index contributed by atoms with van der Waals surface area (Å²) in [7, 11) is 0. The van der Waals surface area contributed by atoms with Crippen molar-refractivity contribution >= 4 is 68.2 Å². The average Bonchev–Trinajstić information content (AvgIpc) is 1.78. The summed E-state index contributed by atoms with van der Waals surface area (Å²) in [6.45, 7) is 21.6. The maximum atomic E-state index is 2.40. The zero-order valence-electron chi connectivity index (χ0n) is 55.4. The lowest BCUT2D eigenvalue weighted by atomic mass is 9.65. The van der Waals surface area contributed by atoms with Crippen LogP contribution in [0.2, 0.25) is 0 Å². The lowest BCUT2D eigenvalue weighted by Crippen LogP contribution is -2.30. The molecule has 466 valence electrons. The van der Waals surface area contributed by atoms with Gasteiger partial charge in [-0.3, -0.25) is 0 Å². The molecule has 4 heteroatoms. The van der Waals surface area contributed by atoms with Gasteiger partial charge in [0.05, 0.1) is 0 Å². The normalized spacial score (nSPS) is 12.4. The van der Waals surface area contributed by atoms with Crippen molar-refractivity contribution in [2.24, 2.45) is 0 Å². The predicted octanol–water partition coefficient (Wildman–Crippen LogP) is 25.9. The van der Waals surface area contributed by atoms with Gasteiger partial charge in [0.2, 0.25) is 0 Å². The van der Waals surface area contributed by atoms with Gasteiger partial charge >= 0.3 is 0 Å². The third kappa shape index (κ3) is 14.5. The molecule has 0 saturated heterocycles. The van der Waals surface area contributed by atoms with Gasteiger partial charge in [-0.25, -0.2) is 0 Å². The molecule has 0 spiro atoms. The Morgan fingerprint density at radius 1 is 0.215 bits per heavy atom. The number of benzene rings is 12. The first-order chi connectivity index (χ1) is 44.7. The number of hydrogen-bond acceptors (Lipinski definition) is 4. The van der Waals surface area contributed by atoms with Gasteiger partial charge < -0.3 is 19.6 Å². The van der Waals surface area contributed by atoms with E-state index in [1.807, 2.05) is 0 Å². The number of rotatable bonds is 15. The molecule has 93 heavy (non-hydrogen) atoms. The third-order valence-corrected chi connectivity index (χ3v) is 18.5. The van der Waals surface area contributed by atoms with E-state index >= 15 is 0 Å². The fraction of sp³-hybridized carbons (Fsp3) is 0.191. The van der Waals surface area contributed by atoms with Crippen LogP contribution in [0.15, 0.2) is 279 Å². The first-order valence-electron chi connectivity index (χ1n) is 32.8. The molecule has 13 rings (SSSR count). The van der Waals surface area contributed by atoms with Crippen LogP contribution in [0.5, 0.6) is 0 Å². The fourth-order valence-electron chi connectivity index (χ4n) is 13.6. The molecule has 0 amide bonds. The number of nitrogens with zero attached hydrogens (tertiary/aromatic N) is 4. The van der Waals surface area contributed by atoms with Crippen molar-refractivity contribution in [2.45, 2.75) is 114 Å². The maximum absolute atomic E-state index is 2.40. The van der Waals surface area contributed by atoms with E-state index in [1.165, 1.54) is 144 Å². The quantitative estimate of drug-likeness (QED) is 0.101. The Labute approximate surface area is 555 Å². The van der Waals surface area contributed by atoms with Gasteiger partial charge in [0.25, 0.3) is 0 Å². The van der Waals surface area contributed by atoms with Gasteiger partial charge in [-0.15, -0.1) is 0 Å². The molecule has 0 unspecified atom stereocenters. The van der Waals surface area contributed by atoms with Crippen LogP contribution in [0.1, 0.15) is 106 Å². The maximum Gasteiger partial charge on any atom is 0.0464 e. The number of hydrogen-bond donors (Lipinski definition) is 0. The zero-order valence-corrected chi connectivity index (χ0v) is 55.4. The lowest BCUT2D eigenvalue weighted by molar-refractivity contribution is 0.346. The molecule has 4 nitrogen and oxygen atoms in total. The molecule has 12 aromatic rings. The van der Waals surface area contributed by atoms with E-state index < -0.39 is 0 Å². The minimum absolute atomic E-state index is 0. The lowest BCUT2D eigenvalue weighted by Gasteiger charge is -2.39. The number of anilines is 12. The summed E-state index contributed by atoms with van der Waals surface area (Å²) < 4.78 is 0. The first-order valence-corrected chi connectivity index (χ1v) is 32.8. The molecule has 12 aromatic carbocycles. The molecule has 1 aliphatic carbocycles. The van der Waals surface area contributed by atoms with Crippen molar-refractivity contribution in [1.29, 1.82) is 0 Å². The first kappa shape index (κ1) is 64.4. The molecule has 1 saturated carbocycles. The topological polar surface area (TPSA) is 13.0 Å². The Morgan fingerprint density at radius 2 is 0.441 bits per heavy atom. The van der Waals surface area contributed by atoms with Gasteiger partial charge in [0.15, 0.2) is 0 Å². The second-order valence-electron chi connectivity index (χ2n) is 25.8. The third-order valence-electron chi connectivity index (χ3n) is 18.5. The van der Waals surface area contributed by atoms with Gasteiger partial charge in [0.1, 0.15) is 0 Å². The standard InChI is InChI=1S/C46H46N2.C42H40N2.CH4/c1-34-8-20-40(21-9-34)47(41-22-10-35(2)11-23-41)44-28-16-38(17-29-44)46(32-6-5-7-33-46)39-18-30-45(31-19-39)48(42-24-12-36(3)13-25-42)43-26-14-37(4)15-27-43;1-29-11-7-15-35(23-29)43(36-16-8-12-30(2)24-36)39-19-21-41(33(5)27-39)42-22-20-40(28-34(42)6)44(37-17-9-13-31(3)25-37)38-18-10-14-32(4)26-38;/h8-31H,5-7,32-33H2,1-4H3;7-28H,1-6H3;1H4. The van der Waals surface area contributed by atoms with Crippen LogP contribution in [-0.2, 0) is 5.41 Å². The Bertz CT molecular complexity index is 3990. The van der Waals surface area contributed by atoms with Gasteiger partial charge in [-0.05, 0) is 283 Å². The summed E-state index contributed by atoms with van der Waals surface area (Å²) >= 11 is 0. The smallest absolute Gasteiger partial charge is 0.0464 e. The van der Waals surface area contributed by atoms with Crippen molar-refractivity contribution in [2.75, 3.05) is 19.6 Å². The van der Waals surface area contributed by atoms with Crippen LogP contribution in [-0.4, -0.2) is 0 Å². The van der Waals surface area contributed by atoms with Crippen molar-refractivity contribution in [3.8, 4) is 11.1 Å². The van der Waals surface area contributed by atoms with E-state index in [0.717, 1.165) is 34.1 Å². The summed E-state index contributed by atoms with van der Waals surface area (Å²) in [5, 5.41) is 0. The zero-order chi connectivity index (χ0) is 63.9. The summed E-state index contributed by atoms with van der Waals surface area (Å²) in [6, 6.07) is 103. The molecule has 0 aliphatic heterocycles. The monoisotopic (exact) mass is 1210 g/mol. The summed E-state index contributed by atoms with van der Waals surface area (Å²) in [4.78, 5) is 9.45. The average molecular weight is 1220 g/mol. The van der Waals surface area contributed by atoms with Crippen molar-refractivity contribution in [3.05, 3.63) is 346 Å². The van der Waals surface area contributed by atoms with E-state index in [2.05, 4.69) is 368 Å². The molecular formula is C89H90N4. The molecule has 1 aliphatic rings. The second-order valence-corrected chi connectivity index (χ2v) is 25.8. The summed E-state index contributed by atoms with van der Waals surface area (Å²) in [6.07, 6.45) is 6.15. The van der Waals surface area contributed by atoms with Crippen LogP contribution >= 0.6 is 0 Å². The molecule has 0 bridgehead atoms. The van der Waals surface area contributed by atoms with E-state index in [0.29, 0.717) is 0 Å². The van der Waals surface area contributed by atoms with Crippen LogP contribution in [0, 0.1) is 69.2 Å². The highest BCUT2D eigenvalue weighted by Crippen LogP contribution is 2.48. The van der Waals surface area contributed by atoms with Gasteiger partial charge in [-0.2, -0.15) is 0 Å². The summed E-state index contributed by atoms with van der Waals surface area (Å²) in [5.74, 6) is 0. The van der Waals surface area contributed by atoms with Crippen LogP contribution in [0.4, 0.5) is 68.2 Å². The van der Waals surface area contributed by atoms with Crippen LogP contribution < -0.4 is 19.6 Å². The number of aryl methyl sites for hydroxylation is 10. The molecule has 1 fully saturated rings. The highest BCUT2D eigenvalue weighted by atomic mass is 15.2. The van der Waals surface area contributed by atoms with Crippen molar-refractivity contribution < 1.29 is 0 Å². The Kier molecular flexibility index (Phi) is 19.8. The highest BCUT2D eigenvalue weighted by molar-refractivity contribution is 5.84. The minimum atomic E-state index is 0. The Morgan fingerprint density at radius 3 is 0.688 bits per heavy atom. The predicted molar refractivity (Wildman–Crippen MR) is 401 cm³/mol. The molecule has 0 radical (unpaired) electrons. The van der Waals surface area contributed by atoms with Gasteiger partial charge in [0, 0.05) is 73.7 Å². The minimum Gasteiger partial charge on any atom is -0.311 e. The molecule has 0 N–H and O–H groups in total. The van der Waals surface area contributed by atoms with Gasteiger partial charge in [-0.1, -0.05) is 182 Å². The SMILES string of the molecule is C.Cc1ccc(N(c2ccc(C)cc2)c2ccc(C3(c4ccc(N(c5ccc(C)cc5)c5ccc(C)cc5)cc4)CCCCC3)cc2)cc1.Cc1cccc(N(c2cccc(C)c2)c2ccc(-c3ccc(N(c4cccc(C)c4)c4cccc(C)c4)cc3C)c(C)c2)c1.